The van der Waals surface area contributed by atoms with Gasteiger partial charge in [-0.05, 0) is 76.1 Å². The van der Waals surface area contributed by atoms with Crippen LogP contribution in [-0.2, 0) is 9.47 Å². The SMILES string of the molecule is COCCCOc1cc(C(=O)N(C[C@@H]2CNC[C@H]2CN(C(O)CC2CCCO2)C2CC2)C(C)C)ccc1OC. The highest BCUT2D eigenvalue weighted by molar-refractivity contribution is 5.95. The Kier molecular flexibility index (Phi) is 11.3. The molecule has 3 fully saturated rings. The van der Waals surface area contributed by atoms with Gasteiger partial charge in [-0.2, -0.15) is 0 Å². The number of nitrogens with zero attached hydrogens (tertiary/aromatic N) is 2. The van der Waals surface area contributed by atoms with Crippen LogP contribution >= 0.6 is 0 Å². The second-order valence-corrected chi connectivity index (χ2v) is 11.6. The predicted molar refractivity (Wildman–Crippen MR) is 150 cm³/mol. The molecule has 0 radical (unpaired) electrons. The lowest BCUT2D eigenvalue weighted by atomic mass is 9.93. The molecule has 0 aromatic heterocycles. The number of hydrogen-bond donors (Lipinski definition) is 2. The van der Waals surface area contributed by atoms with Crippen molar-refractivity contribution in [3.8, 4) is 11.5 Å². The van der Waals surface area contributed by atoms with Gasteiger partial charge in [-0.3, -0.25) is 9.69 Å². The first-order chi connectivity index (χ1) is 18.9. The summed E-state index contributed by atoms with van der Waals surface area (Å²) in [5.74, 6) is 1.87. The van der Waals surface area contributed by atoms with E-state index in [2.05, 4.69) is 24.1 Å². The van der Waals surface area contributed by atoms with Crippen molar-refractivity contribution in [2.24, 2.45) is 11.8 Å². The van der Waals surface area contributed by atoms with Crippen LogP contribution in [0.3, 0.4) is 0 Å². The molecule has 0 bridgehead atoms. The lowest BCUT2D eigenvalue weighted by Gasteiger charge is -2.35. The van der Waals surface area contributed by atoms with E-state index in [0.717, 1.165) is 58.3 Å². The van der Waals surface area contributed by atoms with E-state index in [4.69, 9.17) is 18.9 Å². The molecule has 9 nitrogen and oxygen atoms in total. The standard InChI is InChI=1S/C30H49N3O6/c1-21(2)32(30(35)22-8-11-27(37-4)28(15-22)39-14-6-12-36-3)19-23-17-31-18-24(23)20-33(25-9-10-25)29(34)16-26-7-5-13-38-26/h8,11,15,21,23-26,29,31,34H,5-7,9-10,12-14,16-20H2,1-4H3/t23-,24-,26?,29?/m0/s1. The van der Waals surface area contributed by atoms with Crippen LogP contribution in [0.4, 0.5) is 0 Å². The summed E-state index contributed by atoms with van der Waals surface area (Å²) in [5.41, 5.74) is 0.598. The lowest BCUT2D eigenvalue weighted by Crippen LogP contribution is -2.46. The molecule has 39 heavy (non-hydrogen) atoms. The van der Waals surface area contributed by atoms with Crippen LogP contribution in [0.25, 0.3) is 0 Å². The van der Waals surface area contributed by atoms with Crippen LogP contribution < -0.4 is 14.8 Å². The molecular formula is C30H49N3O6. The number of carbonyl (C=O) groups excluding carboxylic acids is 1. The van der Waals surface area contributed by atoms with Crippen LogP contribution in [0, 0.1) is 11.8 Å². The van der Waals surface area contributed by atoms with Crippen molar-refractivity contribution < 1.29 is 28.8 Å². The molecule has 3 aliphatic rings. The van der Waals surface area contributed by atoms with E-state index < -0.39 is 6.23 Å². The number of amides is 1. The fourth-order valence-electron chi connectivity index (χ4n) is 5.86. The molecule has 2 N–H and O–H groups in total. The van der Waals surface area contributed by atoms with Gasteiger partial charge in [0.2, 0.25) is 0 Å². The first-order valence-electron chi connectivity index (χ1n) is 14.8. The Hall–Kier alpha value is -1.91. The van der Waals surface area contributed by atoms with Crippen molar-refractivity contribution >= 4 is 5.91 Å². The highest BCUT2D eigenvalue weighted by Crippen LogP contribution is 2.34. The number of benzene rings is 1. The molecule has 1 aromatic rings. The van der Waals surface area contributed by atoms with Crippen LogP contribution in [0.5, 0.6) is 11.5 Å². The van der Waals surface area contributed by atoms with Gasteiger partial charge in [0, 0.05) is 70.4 Å². The zero-order valence-corrected chi connectivity index (χ0v) is 24.3. The van der Waals surface area contributed by atoms with E-state index in [1.165, 1.54) is 0 Å². The van der Waals surface area contributed by atoms with Gasteiger partial charge in [0.05, 0.1) is 19.8 Å². The Morgan fingerprint density at radius 2 is 1.87 bits per heavy atom. The number of nitrogens with one attached hydrogen (secondary N) is 1. The van der Waals surface area contributed by atoms with Crippen molar-refractivity contribution in [3.63, 3.8) is 0 Å². The first-order valence-corrected chi connectivity index (χ1v) is 14.8. The van der Waals surface area contributed by atoms with E-state index in [0.29, 0.717) is 61.1 Å². The zero-order chi connectivity index (χ0) is 27.8. The highest BCUT2D eigenvalue weighted by Gasteiger charge is 2.39. The highest BCUT2D eigenvalue weighted by atomic mass is 16.5. The predicted octanol–water partition coefficient (Wildman–Crippen LogP) is 3.15. The molecule has 4 atom stereocenters. The molecule has 9 heteroatoms. The molecule has 220 valence electrons. The Labute approximate surface area is 234 Å². The van der Waals surface area contributed by atoms with Crippen molar-refractivity contribution in [2.45, 2.75) is 76.8 Å². The normalized spacial score (nSPS) is 23.9. The van der Waals surface area contributed by atoms with E-state index >= 15 is 0 Å². The summed E-state index contributed by atoms with van der Waals surface area (Å²) in [5, 5.41) is 14.7. The average Bonchev–Trinajstić information content (AvgIpc) is 3.45. The monoisotopic (exact) mass is 547 g/mol. The summed E-state index contributed by atoms with van der Waals surface area (Å²) in [7, 11) is 3.27. The van der Waals surface area contributed by atoms with Gasteiger partial charge in [0.1, 0.15) is 6.23 Å². The summed E-state index contributed by atoms with van der Waals surface area (Å²) in [4.78, 5) is 18.1. The topological polar surface area (TPSA) is 92.7 Å². The number of aliphatic hydroxyl groups is 1. The van der Waals surface area contributed by atoms with Gasteiger partial charge in [-0.1, -0.05) is 0 Å². The second-order valence-electron chi connectivity index (χ2n) is 11.6. The van der Waals surface area contributed by atoms with Crippen molar-refractivity contribution in [1.82, 2.24) is 15.1 Å². The third kappa shape index (κ3) is 8.30. The van der Waals surface area contributed by atoms with Gasteiger partial charge >= 0.3 is 0 Å². The molecule has 1 amide bonds. The van der Waals surface area contributed by atoms with Crippen LogP contribution in [0.15, 0.2) is 18.2 Å². The third-order valence-electron chi connectivity index (χ3n) is 8.30. The van der Waals surface area contributed by atoms with Crippen molar-refractivity contribution in [1.29, 1.82) is 0 Å². The molecular weight excluding hydrogens is 498 g/mol. The Morgan fingerprint density at radius 3 is 2.51 bits per heavy atom. The molecule has 1 aromatic carbocycles. The number of aliphatic hydroxyl groups excluding tert-OH is 1. The number of ether oxygens (including phenoxy) is 4. The first kappa shape index (κ1) is 30.1. The van der Waals surface area contributed by atoms with Crippen molar-refractivity contribution in [2.75, 3.05) is 60.2 Å². The van der Waals surface area contributed by atoms with Gasteiger partial charge < -0.3 is 34.3 Å². The maximum Gasteiger partial charge on any atom is 0.254 e. The van der Waals surface area contributed by atoms with Crippen LogP contribution in [-0.4, -0.2) is 105 Å². The largest absolute Gasteiger partial charge is 0.493 e. The molecule has 2 heterocycles. The number of rotatable bonds is 16. The number of carbonyl (C=O) groups is 1. The van der Waals surface area contributed by atoms with Crippen LogP contribution in [0.2, 0.25) is 0 Å². The van der Waals surface area contributed by atoms with Crippen molar-refractivity contribution in [3.05, 3.63) is 23.8 Å². The van der Waals surface area contributed by atoms with E-state index in [1.54, 1.807) is 26.4 Å². The van der Waals surface area contributed by atoms with E-state index in [1.807, 2.05) is 11.0 Å². The summed E-state index contributed by atoms with van der Waals surface area (Å²) >= 11 is 0. The summed E-state index contributed by atoms with van der Waals surface area (Å²) in [6, 6.07) is 5.94. The minimum Gasteiger partial charge on any atom is -0.493 e. The molecule has 2 saturated heterocycles. The lowest BCUT2D eigenvalue weighted by molar-refractivity contribution is -0.0495. The minimum atomic E-state index is -0.466. The Morgan fingerprint density at radius 1 is 1.10 bits per heavy atom. The molecule has 1 aliphatic carbocycles. The van der Waals surface area contributed by atoms with Gasteiger partial charge in [0.15, 0.2) is 11.5 Å². The molecule has 2 unspecified atom stereocenters. The number of methoxy groups -OCH3 is 2. The summed E-state index contributed by atoms with van der Waals surface area (Å²) in [6.07, 6.45) is 5.58. The maximum atomic E-state index is 13.8. The van der Waals surface area contributed by atoms with Gasteiger partial charge in [-0.15, -0.1) is 0 Å². The second kappa shape index (κ2) is 14.6. The van der Waals surface area contributed by atoms with Crippen LogP contribution in [0.1, 0.15) is 62.7 Å². The summed E-state index contributed by atoms with van der Waals surface area (Å²) < 4.78 is 22.3. The minimum absolute atomic E-state index is 0.00231. The fourth-order valence-corrected chi connectivity index (χ4v) is 5.86. The maximum absolute atomic E-state index is 13.8. The fraction of sp³-hybridized carbons (Fsp3) is 0.767. The van der Waals surface area contributed by atoms with E-state index in [9.17, 15) is 9.90 Å². The Bertz CT molecular complexity index is 905. The quantitative estimate of drug-likeness (QED) is 0.241. The molecule has 1 saturated carbocycles. The summed E-state index contributed by atoms with van der Waals surface area (Å²) in [6.45, 7) is 9.35. The third-order valence-corrected chi connectivity index (χ3v) is 8.30. The molecule has 2 aliphatic heterocycles. The van der Waals surface area contributed by atoms with E-state index in [-0.39, 0.29) is 18.1 Å². The smallest absolute Gasteiger partial charge is 0.254 e. The molecule has 4 rings (SSSR count). The Balaban J connectivity index is 1.41. The van der Waals surface area contributed by atoms with Gasteiger partial charge in [0.25, 0.3) is 5.91 Å². The average molecular weight is 548 g/mol. The zero-order valence-electron chi connectivity index (χ0n) is 24.3. The number of hydrogen-bond acceptors (Lipinski definition) is 8. The molecule has 0 spiro atoms. The van der Waals surface area contributed by atoms with Gasteiger partial charge in [-0.25, -0.2) is 0 Å².